The predicted molar refractivity (Wildman–Crippen MR) is 78.7 cm³/mol. The molecule has 2 heterocycles. The molecule has 102 valence electrons. The van der Waals surface area contributed by atoms with Gasteiger partial charge in [-0.05, 0) is 24.7 Å². The minimum Gasteiger partial charge on any atom is -0.305 e. The van der Waals surface area contributed by atoms with Crippen molar-refractivity contribution in [2.75, 3.05) is 20.1 Å². The van der Waals surface area contributed by atoms with E-state index in [0.29, 0.717) is 5.69 Å². The number of carbonyl (C=O) groups is 1. The van der Waals surface area contributed by atoms with E-state index < -0.39 is 0 Å². The number of pyridine rings is 1. The van der Waals surface area contributed by atoms with Gasteiger partial charge in [0.05, 0.1) is 0 Å². The van der Waals surface area contributed by atoms with Crippen LogP contribution in [0.1, 0.15) is 22.0 Å². The van der Waals surface area contributed by atoms with Crippen LogP contribution in [0.3, 0.4) is 0 Å². The summed E-state index contributed by atoms with van der Waals surface area (Å²) < 4.78 is 0. The third-order valence-corrected chi connectivity index (χ3v) is 3.98. The van der Waals surface area contributed by atoms with Gasteiger partial charge in [0.1, 0.15) is 5.69 Å². The molecule has 2 atom stereocenters. The van der Waals surface area contributed by atoms with E-state index in [1.807, 2.05) is 36.4 Å². The summed E-state index contributed by atoms with van der Waals surface area (Å²) in [6, 6.07) is 15.8. The summed E-state index contributed by atoms with van der Waals surface area (Å²) in [4.78, 5) is 19.1. The molecule has 0 aliphatic carbocycles. The zero-order valence-corrected chi connectivity index (χ0v) is 11.6. The quantitative estimate of drug-likeness (QED) is 0.801. The second-order valence-corrected chi connectivity index (χ2v) is 5.42. The highest BCUT2D eigenvalue weighted by Gasteiger charge is 2.37. The van der Waals surface area contributed by atoms with Crippen LogP contribution in [0.5, 0.6) is 0 Å². The lowest BCUT2D eigenvalue weighted by atomic mass is 9.85. The third kappa shape index (κ3) is 2.49. The molecule has 3 heteroatoms. The number of aromatic nitrogens is 1. The Morgan fingerprint density at radius 1 is 1.10 bits per heavy atom. The van der Waals surface area contributed by atoms with E-state index in [9.17, 15) is 4.79 Å². The summed E-state index contributed by atoms with van der Waals surface area (Å²) in [5.74, 6) is 0.414. The predicted octanol–water partition coefficient (Wildman–Crippen LogP) is 2.61. The number of carbonyl (C=O) groups excluding carboxylic acids is 1. The molecule has 0 saturated carbocycles. The van der Waals surface area contributed by atoms with Crippen molar-refractivity contribution in [3.8, 4) is 0 Å². The molecule has 1 saturated heterocycles. The van der Waals surface area contributed by atoms with Crippen molar-refractivity contribution in [3.63, 3.8) is 0 Å². The molecular formula is C17H18N2O. The van der Waals surface area contributed by atoms with Crippen molar-refractivity contribution in [3.05, 3.63) is 66.0 Å². The Morgan fingerprint density at radius 3 is 2.55 bits per heavy atom. The van der Waals surface area contributed by atoms with Gasteiger partial charge in [0.15, 0.2) is 5.78 Å². The molecule has 1 aromatic carbocycles. The lowest BCUT2D eigenvalue weighted by Crippen LogP contribution is -2.23. The largest absolute Gasteiger partial charge is 0.305 e. The van der Waals surface area contributed by atoms with Gasteiger partial charge in [-0.3, -0.25) is 9.78 Å². The topological polar surface area (TPSA) is 33.2 Å². The number of rotatable bonds is 3. The van der Waals surface area contributed by atoms with E-state index in [0.717, 1.165) is 13.1 Å². The van der Waals surface area contributed by atoms with Crippen molar-refractivity contribution in [1.82, 2.24) is 9.88 Å². The fourth-order valence-corrected chi connectivity index (χ4v) is 3.00. The van der Waals surface area contributed by atoms with Gasteiger partial charge in [0.25, 0.3) is 0 Å². The van der Waals surface area contributed by atoms with Crippen LogP contribution in [0.15, 0.2) is 54.7 Å². The highest BCUT2D eigenvalue weighted by atomic mass is 16.1. The van der Waals surface area contributed by atoms with Gasteiger partial charge < -0.3 is 4.90 Å². The van der Waals surface area contributed by atoms with Crippen LogP contribution in [0, 0.1) is 5.92 Å². The summed E-state index contributed by atoms with van der Waals surface area (Å²) in [5, 5.41) is 0. The van der Waals surface area contributed by atoms with E-state index in [1.54, 1.807) is 6.20 Å². The van der Waals surface area contributed by atoms with E-state index in [1.165, 1.54) is 5.56 Å². The number of benzene rings is 1. The first-order valence-electron chi connectivity index (χ1n) is 6.94. The SMILES string of the molecule is CN1C[C@@H](C(=O)c2ccccn2)[C@H](c2ccccc2)C1. The van der Waals surface area contributed by atoms with E-state index in [-0.39, 0.29) is 17.6 Å². The molecular weight excluding hydrogens is 248 g/mol. The maximum Gasteiger partial charge on any atom is 0.186 e. The maximum absolute atomic E-state index is 12.7. The van der Waals surface area contributed by atoms with Gasteiger partial charge in [-0.2, -0.15) is 0 Å². The molecule has 1 fully saturated rings. The summed E-state index contributed by atoms with van der Waals surface area (Å²) in [6.07, 6.45) is 1.68. The molecule has 0 radical (unpaired) electrons. The Balaban J connectivity index is 1.89. The Morgan fingerprint density at radius 2 is 1.85 bits per heavy atom. The van der Waals surface area contributed by atoms with Crippen LogP contribution in [0.4, 0.5) is 0 Å². The van der Waals surface area contributed by atoms with Crippen molar-refractivity contribution in [1.29, 1.82) is 0 Å². The Hall–Kier alpha value is -2.00. The number of nitrogens with zero attached hydrogens (tertiary/aromatic N) is 2. The normalized spacial score (nSPS) is 22.9. The summed E-state index contributed by atoms with van der Waals surface area (Å²) in [6.45, 7) is 1.72. The third-order valence-electron chi connectivity index (χ3n) is 3.98. The zero-order chi connectivity index (χ0) is 13.9. The monoisotopic (exact) mass is 266 g/mol. The number of likely N-dealkylation sites (N-methyl/N-ethyl adjacent to an activating group) is 1. The smallest absolute Gasteiger partial charge is 0.186 e. The molecule has 1 aliphatic rings. The molecule has 3 nitrogen and oxygen atoms in total. The molecule has 1 aliphatic heterocycles. The molecule has 0 amide bonds. The maximum atomic E-state index is 12.7. The average molecular weight is 266 g/mol. The molecule has 20 heavy (non-hydrogen) atoms. The van der Waals surface area contributed by atoms with Gasteiger partial charge in [-0.15, -0.1) is 0 Å². The molecule has 1 aromatic heterocycles. The molecule has 0 N–H and O–H groups in total. The van der Waals surface area contributed by atoms with Crippen LogP contribution in [0.2, 0.25) is 0 Å². The first-order chi connectivity index (χ1) is 9.75. The molecule has 0 bridgehead atoms. The second kappa shape index (κ2) is 5.55. The van der Waals surface area contributed by atoms with Gasteiger partial charge >= 0.3 is 0 Å². The summed E-state index contributed by atoms with van der Waals surface area (Å²) in [7, 11) is 2.07. The van der Waals surface area contributed by atoms with Crippen LogP contribution < -0.4 is 0 Å². The van der Waals surface area contributed by atoms with Crippen molar-refractivity contribution < 1.29 is 4.79 Å². The van der Waals surface area contributed by atoms with Crippen molar-refractivity contribution >= 4 is 5.78 Å². The minimum atomic E-state index is -0.00250. The lowest BCUT2D eigenvalue weighted by Gasteiger charge is -2.17. The Bertz CT molecular complexity index is 582. The second-order valence-electron chi connectivity index (χ2n) is 5.42. The first-order valence-corrected chi connectivity index (χ1v) is 6.94. The average Bonchev–Trinajstić information content (AvgIpc) is 2.90. The van der Waals surface area contributed by atoms with E-state index in [2.05, 4.69) is 29.1 Å². The van der Waals surface area contributed by atoms with Gasteiger partial charge in [0, 0.05) is 31.1 Å². The van der Waals surface area contributed by atoms with Gasteiger partial charge in [-0.25, -0.2) is 0 Å². The molecule has 0 spiro atoms. The summed E-state index contributed by atoms with van der Waals surface area (Å²) >= 11 is 0. The molecule has 3 rings (SSSR count). The number of hydrogen-bond donors (Lipinski definition) is 0. The number of likely N-dealkylation sites (tertiary alicyclic amines) is 1. The van der Waals surface area contributed by atoms with E-state index >= 15 is 0 Å². The fourth-order valence-electron chi connectivity index (χ4n) is 3.00. The van der Waals surface area contributed by atoms with Crippen LogP contribution >= 0.6 is 0 Å². The number of ketones is 1. The number of Topliss-reactive ketones (excluding diaryl/α,β-unsaturated/α-hetero) is 1. The summed E-state index contributed by atoms with van der Waals surface area (Å²) in [5.41, 5.74) is 1.82. The molecule has 0 unspecified atom stereocenters. The number of hydrogen-bond acceptors (Lipinski definition) is 3. The molecule has 2 aromatic rings. The van der Waals surface area contributed by atoms with Gasteiger partial charge in [-0.1, -0.05) is 36.4 Å². The lowest BCUT2D eigenvalue weighted by molar-refractivity contribution is 0.0910. The van der Waals surface area contributed by atoms with E-state index in [4.69, 9.17) is 0 Å². The first kappa shape index (κ1) is 13.0. The standard InChI is InChI=1S/C17H18N2O/c1-19-11-14(13-7-3-2-4-8-13)15(12-19)17(20)16-9-5-6-10-18-16/h2-10,14-15H,11-12H2,1H3/t14-,15+/m0/s1. The van der Waals surface area contributed by atoms with Crippen LogP contribution in [0.25, 0.3) is 0 Å². The van der Waals surface area contributed by atoms with Gasteiger partial charge in [0.2, 0.25) is 0 Å². The highest BCUT2D eigenvalue weighted by molar-refractivity contribution is 5.97. The zero-order valence-electron chi connectivity index (χ0n) is 11.6. The van der Waals surface area contributed by atoms with Crippen LogP contribution in [-0.2, 0) is 0 Å². The highest BCUT2D eigenvalue weighted by Crippen LogP contribution is 2.33. The van der Waals surface area contributed by atoms with Crippen molar-refractivity contribution in [2.45, 2.75) is 5.92 Å². The Labute approximate surface area is 119 Å². The fraction of sp³-hybridized carbons (Fsp3) is 0.294. The Kier molecular flexibility index (Phi) is 3.61. The van der Waals surface area contributed by atoms with Crippen LogP contribution in [-0.4, -0.2) is 35.8 Å². The van der Waals surface area contributed by atoms with Crippen molar-refractivity contribution in [2.24, 2.45) is 5.92 Å². The minimum absolute atomic E-state index is 0.00250.